The molecule has 1 radical (unpaired) electrons. The fourth-order valence-corrected chi connectivity index (χ4v) is 2.88. The topological polar surface area (TPSA) is 0 Å². The first-order valence-electron chi connectivity index (χ1n) is 4.49. The quantitative estimate of drug-likeness (QED) is 0.539. The van der Waals surface area contributed by atoms with Crippen LogP contribution in [0, 0.1) is 23.4 Å². The number of hydrogen-bond acceptors (Lipinski definition) is 1. The van der Waals surface area contributed by atoms with Crippen LogP contribution in [0.2, 0.25) is 0 Å². The van der Waals surface area contributed by atoms with Gasteiger partial charge < -0.3 is 0 Å². The van der Waals surface area contributed by atoms with Gasteiger partial charge in [0.25, 0.3) is 0 Å². The van der Waals surface area contributed by atoms with Crippen LogP contribution in [0.15, 0.2) is 23.1 Å². The van der Waals surface area contributed by atoms with Crippen LogP contribution >= 0.6 is 23.4 Å². The molecule has 0 aliphatic carbocycles. The van der Waals surface area contributed by atoms with Crippen molar-refractivity contribution in [3.8, 4) is 0 Å². The van der Waals surface area contributed by atoms with Gasteiger partial charge in [-0.3, -0.25) is 0 Å². The van der Waals surface area contributed by atoms with Crippen LogP contribution in [0.25, 0.3) is 0 Å². The van der Waals surface area contributed by atoms with Crippen LogP contribution < -0.4 is 0 Å². The number of thioether (sulfide) groups is 1. The maximum Gasteiger partial charge on any atom is 0.194 e. The summed E-state index contributed by atoms with van der Waals surface area (Å²) in [5.74, 6) is -3.34. The third kappa shape index (κ3) is 1.84. The lowest BCUT2D eigenvalue weighted by molar-refractivity contribution is 0.443. The molecule has 0 fully saturated rings. The SMILES string of the molecule is CC1=CS[C@@H](Cl)[C]1c1ccc(F)c(F)c1F. The maximum atomic E-state index is 13.5. The van der Waals surface area contributed by atoms with E-state index in [4.69, 9.17) is 11.6 Å². The monoisotopic (exact) mass is 263 g/mol. The molecule has 0 aromatic heterocycles. The van der Waals surface area contributed by atoms with Crippen molar-refractivity contribution in [3.05, 3.63) is 52.0 Å². The predicted molar refractivity (Wildman–Crippen MR) is 59.6 cm³/mol. The zero-order chi connectivity index (χ0) is 11.9. The minimum absolute atomic E-state index is 0.0256. The van der Waals surface area contributed by atoms with Gasteiger partial charge in [-0.15, -0.1) is 23.4 Å². The van der Waals surface area contributed by atoms with Crippen molar-refractivity contribution in [2.24, 2.45) is 0 Å². The second-order valence-electron chi connectivity index (χ2n) is 3.39. The summed E-state index contributed by atoms with van der Waals surface area (Å²) in [4.78, 5) is 0. The van der Waals surface area contributed by atoms with Crippen molar-refractivity contribution < 1.29 is 13.2 Å². The molecule has 85 valence electrons. The van der Waals surface area contributed by atoms with Gasteiger partial charge in [0.2, 0.25) is 0 Å². The summed E-state index contributed by atoms with van der Waals surface area (Å²) in [6.07, 6.45) is 0. The Labute approximate surface area is 100 Å². The number of alkyl halides is 1. The first kappa shape index (κ1) is 11.9. The highest BCUT2D eigenvalue weighted by Gasteiger charge is 2.32. The average molecular weight is 264 g/mol. The van der Waals surface area contributed by atoms with Crippen molar-refractivity contribution >= 4 is 23.4 Å². The van der Waals surface area contributed by atoms with Gasteiger partial charge in [0.05, 0.1) is 10.6 Å². The number of allylic oxidation sites excluding steroid dienone is 1. The lowest BCUT2D eigenvalue weighted by Crippen LogP contribution is -2.11. The van der Waals surface area contributed by atoms with E-state index < -0.39 is 22.2 Å². The summed E-state index contributed by atoms with van der Waals surface area (Å²) < 4.78 is 38.9. The molecule has 0 N–H and O–H groups in total. The van der Waals surface area contributed by atoms with Crippen molar-refractivity contribution in [2.45, 2.75) is 11.6 Å². The Morgan fingerprint density at radius 2 is 1.88 bits per heavy atom. The first-order chi connectivity index (χ1) is 7.52. The van der Waals surface area contributed by atoms with Gasteiger partial charge in [-0.05, 0) is 18.4 Å². The first-order valence-corrected chi connectivity index (χ1v) is 5.87. The molecule has 1 aliphatic rings. The fourth-order valence-electron chi connectivity index (χ4n) is 1.54. The normalized spacial score (nSPS) is 21.3. The Bertz CT molecular complexity index is 459. The second-order valence-corrected chi connectivity index (χ2v) is 5.06. The van der Waals surface area contributed by atoms with Gasteiger partial charge in [-0.2, -0.15) is 0 Å². The Balaban J connectivity index is 2.49. The molecule has 1 heterocycles. The summed E-state index contributed by atoms with van der Waals surface area (Å²) in [5.41, 5.74) is 0.799. The van der Waals surface area contributed by atoms with Gasteiger partial charge >= 0.3 is 0 Å². The molecule has 1 aromatic carbocycles. The van der Waals surface area contributed by atoms with Crippen molar-refractivity contribution in [1.82, 2.24) is 0 Å². The van der Waals surface area contributed by atoms with E-state index in [1.165, 1.54) is 17.8 Å². The number of hydrogen-bond donors (Lipinski definition) is 0. The van der Waals surface area contributed by atoms with Crippen molar-refractivity contribution in [2.75, 3.05) is 0 Å². The van der Waals surface area contributed by atoms with Crippen LogP contribution in [0.3, 0.4) is 0 Å². The third-order valence-corrected chi connectivity index (χ3v) is 3.83. The molecular formula is C11H7ClF3S. The lowest BCUT2D eigenvalue weighted by atomic mass is 9.94. The summed E-state index contributed by atoms with van der Waals surface area (Å²) in [6, 6.07) is 2.11. The molecule has 0 spiro atoms. The van der Waals surface area contributed by atoms with Gasteiger partial charge in [-0.25, -0.2) is 13.2 Å². The molecule has 2 rings (SSSR count). The van der Waals surface area contributed by atoms with Gasteiger partial charge in [-0.1, -0.05) is 11.6 Å². The van der Waals surface area contributed by atoms with Crippen LogP contribution in [0.4, 0.5) is 13.2 Å². The largest absolute Gasteiger partial charge is 0.204 e. The minimum atomic E-state index is -1.46. The molecule has 1 aliphatic heterocycles. The highest BCUT2D eigenvalue weighted by atomic mass is 35.5. The molecule has 0 saturated carbocycles. The molecule has 1 atom stereocenters. The van der Waals surface area contributed by atoms with E-state index in [0.717, 1.165) is 11.6 Å². The van der Waals surface area contributed by atoms with Crippen LogP contribution in [0.5, 0.6) is 0 Å². The van der Waals surface area contributed by atoms with Crippen molar-refractivity contribution in [1.29, 1.82) is 0 Å². The van der Waals surface area contributed by atoms with Crippen LogP contribution in [-0.4, -0.2) is 4.71 Å². The summed E-state index contributed by atoms with van der Waals surface area (Å²) in [7, 11) is 0. The van der Waals surface area contributed by atoms with Crippen molar-refractivity contribution in [3.63, 3.8) is 0 Å². The average Bonchev–Trinajstić information content (AvgIpc) is 2.57. The Morgan fingerprint density at radius 1 is 1.19 bits per heavy atom. The maximum absolute atomic E-state index is 13.5. The Morgan fingerprint density at radius 3 is 2.44 bits per heavy atom. The predicted octanol–water partition coefficient (Wildman–Crippen LogP) is 4.24. The molecule has 0 amide bonds. The Kier molecular flexibility index (Phi) is 3.22. The molecule has 1 aromatic rings. The summed E-state index contributed by atoms with van der Waals surface area (Å²) in [6.45, 7) is 1.76. The number of rotatable bonds is 1. The molecule has 0 unspecified atom stereocenters. The fraction of sp³-hybridized carbons (Fsp3) is 0.182. The highest BCUT2D eigenvalue weighted by Crippen LogP contribution is 2.44. The summed E-state index contributed by atoms with van der Waals surface area (Å²) in [5, 5.41) is 1.77. The zero-order valence-corrected chi connectivity index (χ0v) is 9.80. The standard InChI is InChI=1S/C11H7ClF3S/c1-5-4-16-11(12)8(5)6-2-3-7(13)10(15)9(6)14/h2-4,11H,1H3/t11-/m1/s1. The number of benzene rings is 1. The van der Waals surface area contributed by atoms with E-state index in [2.05, 4.69) is 0 Å². The Hall–Kier alpha value is -0.610. The second kappa shape index (κ2) is 4.34. The van der Waals surface area contributed by atoms with E-state index in [1.54, 1.807) is 12.3 Å². The number of halogens is 4. The molecular weight excluding hydrogens is 257 g/mol. The summed E-state index contributed by atoms with van der Waals surface area (Å²) >= 11 is 7.27. The highest BCUT2D eigenvalue weighted by molar-refractivity contribution is 8.04. The van der Waals surface area contributed by atoms with Crippen LogP contribution in [-0.2, 0) is 0 Å². The molecule has 16 heavy (non-hydrogen) atoms. The molecule has 5 heteroatoms. The van der Waals surface area contributed by atoms with Crippen LogP contribution in [0.1, 0.15) is 12.5 Å². The van der Waals surface area contributed by atoms with Gasteiger partial charge in [0.15, 0.2) is 17.5 Å². The van der Waals surface area contributed by atoms with E-state index >= 15 is 0 Å². The zero-order valence-electron chi connectivity index (χ0n) is 8.23. The van der Waals surface area contributed by atoms with E-state index in [-0.39, 0.29) is 5.56 Å². The van der Waals surface area contributed by atoms with E-state index in [0.29, 0.717) is 5.92 Å². The third-order valence-electron chi connectivity index (χ3n) is 2.34. The smallest absolute Gasteiger partial charge is 0.194 e. The molecule has 0 nitrogen and oxygen atoms in total. The van der Waals surface area contributed by atoms with E-state index in [1.807, 2.05) is 0 Å². The van der Waals surface area contributed by atoms with Gasteiger partial charge in [0.1, 0.15) is 0 Å². The molecule has 0 bridgehead atoms. The van der Waals surface area contributed by atoms with E-state index in [9.17, 15) is 13.2 Å². The van der Waals surface area contributed by atoms with Gasteiger partial charge in [0, 0.05) is 5.56 Å². The molecule has 0 saturated heterocycles. The lowest BCUT2D eigenvalue weighted by Gasteiger charge is -2.16. The minimum Gasteiger partial charge on any atom is -0.204 e.